The van der Waals surface area contributed by atoms with E-state index in [1.54, 1.807) is 29.6 Å². The van der Waals surface area contributed by atoms with Crippen LogP contribution in [0.5, 0.6) is 0 Å². The first-order valence-electron chi connectivity index (χ1n) is 7.90. The van der Waals surface area contributed by atoms with Crippen LogP contribution in [-0.2, 0) is 10.0 Å². The van der Waals surface area contributed by atoms with E-state index in [0.29, 0.717) is 11.3 Å². The second-order valence-corrected chi connectivity index (χ2v) is 8.75. The molecule has 2 aromatic carbocycles. The van der Waals surface area contributed by atoms with Crippen molar-refractivity contribution in [2.24, 2.45) is 0 Å². The van der Waals surface area contributed by atoms with E-state index in [0.717, 1.165) is 28.2 Å². The van der Waals surface area contributed by atoms with Crippen LogP contribution in [0, 0.1) is 13.8 Å². The van der Waals surface area contributed by atoms with Crippen molar-refractivity contribution in [2.45, 2.75) is 18.1 Å². The standard InChI is InChI=1S/C19H18N2O3S2/c1-13-8-9-14(2)17(11-13)20-19(22)15-5-3-6-16(12-15)21-26(23,24)18-7-4-10-25-18/h3-12,21H,1-2H3,(H,20,22). The lowest BCUT2D eigenvalue weighted by Crippen LogP contribution is -2.15. The number of sulfonamides is 1. The fourth-order valence-electron chi connectivity index (χ4n) is 2.41. The smallest absolute Gasteiger partial charge is 0.271 e. The predicted octanol–water partition coefficient (Wildman–Crippen LogP) is 4.42. The zero-order valence-electron chi connectivity index (χ0n) is 14.3. The molecular weight excluding hydrogens is 368 g/mol. The number of carbonyl (C=O) groups excluding carboxylic acids is 1. The first kappa shape index (κ1) is 18.2. The van der Waals surface area contributed by atoms with Crippen LogP contribution in [-0.4, -0.2) is 14.3 Å². The molecule has 1 heterocycles. The van der Waals surface area contributed by atoms with Crippen molar-refractivity contribution in [2.75, 3.05) is 10.0 Å². The summed E-state index contributed by atoms with van der Waals surface area (Å²) in [6.07, 6.45) is 0. The molecule has 1 amide bonds. The van der Waals surface area contributed by atoms with Gasteiger partial charge in [-0.1, -0.05) is 24.3 Å². The SMILES string of the molecule is Cc1ccc(C)c(NC(=O)c2cccc(NS(=O)(=O)c3cccs3)c2)c1. The molecule has 3 aromatic rings. The number of hydrogen-bond donors (Lipinski definition) is 2. The number of carbonyl (C=O) groups is 1. The van der Waals surface area contributed by atoms with E-state index in [1.807, 2.05) is 32.0 Å². The van der Waals surface area contributed by atoms with Crippen LogP contribution in [0.3, 0.4) is 0 Å². The van der Waals surface area contributed by atoms with Gasteiger partial charge in [-0.3, -0.25) is 9.52 Å². The summed E-state index contributed by atoms with van der Waals surface area (Å²) in [5.74, 6) is -0.295. The van der Waals surface area contributed by atoms with E-state index in [-0.39, 0.29) is 10.1 Å². The van der Waals surface area contributed by atoms with Gasteiger partial charge in [0.25, 0.3) is 15.9 Å². The highest BCUT2D eigenvalue weighted by atomic mass is 32.2. The van der Waals surface area contributed by atoms with Crippen LogP contribution in [0.25, 0.3) is 0 Å². The van der Waals surface area contributed by atoms with Crippen molar-refractivity contribution in [3.05, 3.63) is 76.7 Å². The van der Waals surface area contributed by atoms with E-state index in [2.05, 4.69) is 10.0 Å². The van der Waals surface area contributed by atoms with Gasteiger partial charge in [0.05, 0.1) is 0 Å². The van der Waals surface area contributed by atoms with Crippen LogP contribution >= 0.6 is 11.3 Å². The Hall–Kier alpha value is -2.64. The third-order valence-electron chi connectivity index (χ3n) is 3.78. The van der Waals surface area contributed by atoms with Gasteiger partial charge in [-0.15, -0.1) is 11.3 Å². The highest BCUT2D eigenvalue weighted by Gasteiger charge is 2.16. The van der Waals surface area contributed by atoms with Gasteiger partial charge in [-0.2, -0.15) is 0 Å². The minimum absolute atomic E-state index is 0.225. The number of amides is 1. The maximum absolute atomic E-state index is 12.5. The van der Waals surface area contributed by atoms with Crippen molar-refractivity contribution in [3.63, 3.8) is 0 Å². The van der Waals surface area contributed by atoms with E-state index in [4.69, 9.17) is 0 Å². The molecule has 0 fully saturated rings. The van der Waals surface area contributed by atoms with E-state index < -0.39 is 10.0 Å². The van der Waals surface area contributed by atoms with Crippen molar-refractivity contribution in [3.8, 4) is 0 Å². The monoisotopic (exact) mass is 386 g/mol. The summed E-state index contributed by atoms with van der Waals surface area (Å²) in [7, 11) is -3.65. The molecule has 0 radical (unpaired) electrons. The van der Waals surface area contributed by atoms with Crippen LogP contribution in [0.2, 0.25) is 0 Å². The maximum Gasteiger partial charge on any atom is 0.271 e. The number of rotatable bonds is 5. The largest absolute Gasteiger partial charge is 0.322 e. The quantitative estimate of drug-likeness (QED) is 0.682. The van der Waals surface area contributed by atoms with Crippen molar-refractivity contribution in [1.29, 1.82) is 0 Å². The number of nitrogens with one attached hydrogen (secondary N) is 2. The lowest BCUT2D eigenvalue weighted by atomic mass is 10.1. The maximum atomic E-state index is 12.5. The zero-order chi connectivity index (χ0) is 18.7. The minimum Gasteiger partial charge on any atom is -0.322 e. The molecule has 3 rings (SSSR count). The first-order valence-corrected chi connectivity index (χ1v) is 10.3. The fourth-order valence-corrected chi connectivity index (χ4v) is 4.45. The lowest BCUT2D eigenvalue weighted by Gasteiger charge is -2.11. The number of aryl methyl sites for hydroxylation is 2. The Bertz CT molecular complexity index is 1040. The molecule has 0 aliphatic rings. The normalized spacial score (nSPS) is 11.2. The van der Waals surface area contributed by atoms with Crippen LogP contribution in [0.1, 0.15) is 21.5 Å². The fraction of sp³-hybridized carbons (Fsp3) is 0.105. The topological polar surface area (TPSA) is 75.3 Å². The van der Waals surface area contributed by atoms with Gasteiger partial charge >= 0.3 is 0 Å². The molecule has 0 saturated carbocycles. The Kier molecular flexibility index (Phi) is 5.11. The lowest BCUT2D eigenvalue weighted by molar-refractivity contribution is 0.102. The number of anilines is 2. The summed E-state index contributed by atoms with van der Waals surface area (Å²) in [4.78, 5) is 12.5. The van der Waals surface area contributed by atoms with E-state index >= 15 is 0 Å². The second kappa shape index (κ2) is 7.31. The first-order chi connectivity index (χ1) is 12.3. The Balaban J connectivity index is 1.81. The summed E-state index contributed by atoms with van der Waals surface area (Å²) in [5.41, 5.74) is 3.45. The van der Waals surface area contributed by atoms with Crippen molar-refractivity contribution >= 4 is 38.6 Å². The van der Waals surface area contributed by atoms with Crippen LogP contribution in [0.4, 0.5) is 11.4 Å². The second-order valence-electron chi connectivity index (χ2n) is 5.89. The Morgan fingerprint density at radius 1 is 1.00 bits per heavy atom. The third kappa shape index (κ3) is 4.12. The van der Waals surface area contributed by atoms with Crippen LogP contribution < -0.4 is 10.0 Å². The number of benzene rings is 2. The third-order valence-corrected chi connectivity index (χ3v) is 6.56. The Morgan fingerprint density at radius 3 is 2.54 bits per heavy atom. The predicted molar refractivity (Wildman–Crippen MR) is 105 cm³/mol. The molecule has 2 N–H and O–H groups in total. The summed E-state index contributed by atoms with van der Waals surface area (Å²) in [6, 6.07) is 15.4. The summed E-state index contributed by atoms with van der Waals surface area (Å²) >= 11 is 1.13. The molecule has 26 heavy (non-hydrogen) atoms. The Morgan fingerprint density at radius 2 is 1.81 bits per heavy atom. The van der Waals surface area contributed by atoms with Gasteiger partial charge < -0.3 is 5.32 Å². The number of thiophene rings is 1. The summed E-state index contributed by atoms with van der Waals surface area (Å²) < 4.78 is 27.4. The van der Waals surface area contributed by atoms with E-state index in [9.17, 15) is 13.2 Å². The zero-order valence-corrected chi connectivity index (χ0v) is 15.9. The van der Waals surface area contributed by atoms with Crippen molar-refractivity contribution in [1.82, 2.24) is 0 Å². The average molecular weight is 386 g/mol. The van der Waals surface area contributed by atoms with Gasteiger partial charge in [-0.25, -0.2) is 8.42 Å². The molecule has 0 spiro atoms. The molecule has 0 aliphatic carbocycles. The minimum atomic E-state index is -3.65. The van der Waals surface area contributed by atoms with Gasteiger partial charge in [0.15, 0.2) is 0 Å². The van der Waals surface area contributed by atoms with Gasteiger partial charge in [0.2, 0.25) is 0 Å². The van der Waals surface area contributed by atoms with Crippen LogP contribution in [0.15, 0.2) is 64.2 Å². The highest BCUT2D eigenvalue weighted by Crippen LogP contribution is 2.22. The number of hydrogen-bond acceptors (Lipinski definition) is 4. The molecule has 0 unspecified atom stereocenters. The van der Waals surface area contributed by atoms with Gasteiger partial charge in [-0.05, 0) is 60.7 Å². The van der Waals surface area contributed by atoms with E-state index in [1.165, 1.54) is 12.1 Å². The summed E-state index contributed by atoms with van der Waals surface area (Å²) in [6.45, 7) is 3.87. The van der Waals surface area contributed by atoms with Gasteiger partial charge in [0, 0.05) is 16.9 Å². The molecule has 0 atom stereocenters. The van der Waals surface area contributed by atoms with Gasteiger partial charge in [0.1, 0.15) is 4.21 Å². The molecule has 0 bridgehead atoms. The van der Waals surface area contributed by atoms with Crippen molar-refractivity contribution < 1.29 is 13.2 Å². The molecule has 1 aromatic heterocycles. The average Bonchev–Trinajstić information content (AvgIpc) is 3.13. The molecule has 7 heteroatoms. The molecular formula is C19H18N2O3S2. The molecule has 0 saturated heterocycles. The Labute approximate surface area is 156 Å². The highest BCUT2D eigenvalue weighted by molar-refractivity contribution is 7.94. The summed E-state index contributed by atoms with van der Waals surface area (Å²) in [5, 5.41) is 4.57. The molecule has 0 aliphatic heterocycles. The molecule has 134 valence electrons. The molecule has 5 nitrogen and oxygen atoms in total.